The molecule has 0 atom stereocenters. The number of carbonyl (C=O) groups is 1. The van der Waals surface area contributed by atoms with Crippen molar-refractivity contribution in [1.29, 1.82) is 0 Å². The maximum atomic E-state index is 10.8. The number of rotatable bonds is 5. The molecule has 142 valence electrons. The number of hydrogen-bond donors (Lipinski definition) is 1. The van der Waals surface area contributed by atoms with Crippen LogP contribution in [-0.4, -0.2) is 16.1 Å². The van der Waals surface area contributed by atoms with Crippen molar-refractivity contribution in [3.8, 4) is 11.5 Å². The summed E-state index contributed by atoms with van der Waals surface area (Å²) >= 11 is 0. The van der Waals surface area contributed by atoms with Crippen LogP contribution in [0.1, 0.15) is 48.0 Å². The number of aromatic carboxylic acids is 1. The van der Waals surface area contributed by atoms with Gasteiger partial charge in [0.2, 0.25) is 0 Å². The van der Waals surface area contributed by atoms with Crippen molar-refractivity contribution in [2.24, 2.45) is 0 Å². The highest BCUT2D eigenvalue weighted by atomic mass is 16.5. The van der Waals surface area contributed by atoms with Gasteiger partial charge in [-0.3, -0.25) is 4.98 Å². The molecule has 0 bridgehead atoms. The normalized spacial score (nSPS) is 11.5. The van der Waals surface area contributed by atoms with Gasteiger partial charge in [-0.2, -0.15) is 0 Å². The minimum Gasteiger partial charge on any atom is -0.478 e. The Morgan fingerprint density at radius 1 is 0.893 bits per heavy atom. The number of hydrogen-bond acceptors (Lipinski definition) is 3. The smallest absolute Gasteiger partial charge is 0.337 e. The van der Waals surface area contributed by atoms with E-state index in [2.05, 4.69) is 37.9 Å². The van der Waals surface area contributed by atoms with Crippen LogP contribution in [0.15, 0.2) is 66.9 Å². The highest BCUT2D eigenvalue weighted by Crippen LogP contribution is 2.27. The van der Waals surface area contributed by atoms with Gasteiger partial charge in [-0.25, -0.2) is 4.79 Å². The van der Waals surface area contributed by atoms with Crippen molar-refractivity contribution in [2.45, 2.75) is 26.2 Å². The number of ether oxygens (including phenoxy) is 1. The first-order valence-electron chi connectivity index (χ1n) is 9.07. The largest absolute Gasteiger partial charge is 0.478 e. The maximum Gasteiger partial charge on any atom is 0.337 e. The average Bonchev–Trinajstić information content (AvgIpc) is 2.67. The SMILES string of the molecule is CC(C)(C)c1ccc(Oc2ccc(/C=C/c3ccc(C(=O)O)cn3)cc2)cc1. The second kappa shape index (κ2) is 8.09. The van der Waals surface area contributed by atoms with E-state index in [0.29, 0.717) is 5.69 Å². The van der Waals surface area contributed by atoms with Gasteiger partial charge in [-0.15, -0.1) is 0 Å². The van der Waals surface area contributed by atoms with E-state index in [1.807, 2.05) is 48.6 Å². The molecule has 3 aromatic rings. The highest BCUT2D eigenvalue weighted by Gasteiger charge is 2.13. The molecule has 2 aromatic carbocycles. The zero-order valence-corrected chi connectivity index (χ0v) is 16.2. The number of carboxylic acids is 1. The summed E-state index contributed by atoms with van der Waals surface area (Å²) in [6.07, 6.45) is 5.11. The van der Waals surface area contributed by atoms with E-state index in [1.165, 1.54) is 17.8 Å². The van der Waals surface area contributed by atoms with Crippen LogP contribution in [0.2, 0.25) is 0 Å². The van der Waals surface area contributed by atoms with Crippen LogP contribution in [0.5, 0.6) is 11.5 Å². The standard InChI is InChI=1S/C24H23NO3/c1-24(2,3)19-8-14-22(15-9-19)28-21-12-5-17(6-13-21)4-10-20-11-7-18(16-25-20)23(26)27/h4-16H,1-3H3,(H,26,27)/b10-4+. The monoisotopic (exact) mass is 373 g/mol. The van der Waals surface area contributed by atoms with E-state index in [4.69, 9.17) is 9.84 Å². The Morgan fingerprint density at radius 2 is 1.50 bits per heavy atom. The topological polar surface area (TPSA) is 59.4 Å². The molecule has 4 heteroatoms. The zero-order valence-electron chi connectivity index (χ0n) is 16.2. The van der Waals surface area contributed by atoms with Crippen LogP contribution >= 0.6 is 0 Å². The van der Waals surface area contributed by atoms with Crippen molar-refractivity contribution >= 4 is 18.1 Å². The van der Waals surface area contributed by atoms with E-state index in [1.54, 1.807) is 6.07 Å². The zero-order chi connectivity index (χ0) is 20.1. The van der Waals surface area contributed by atoms with Gasteiger partial charge in [0.15, 0.2) is 0 Å². The Bertz CT molecular complexity index is 964. The molecule has 0 saturated heterocycles. The van der Waals surface area contributed by atoms with Crippen LogP contribution in [-0.2, 0) is 5.41 Å². The molecule has 1 N–H and O–H groups in total. The predicted molar refractivity (Wildman–Crippen MR) is 112 cm³/mol. The lowest BCUT2D eigenvalue weighted by Gasteiger charge is -2.19. The Balaban J connectivity index is 1.64. The minimum atomic E-state index is -0.980. The molecule has 1 aromatic heterocycles. The summed E-state index contributed by atoms with van der Waals surface area (Å²) in [5.74, 6) is 0.593. The molecule has 0 saturated carbocycles. The summed E-state index contributed by atoms with van der Waals surface area (Å²) in [6.45, 7) is 6.56. The first-order valence-corrected chi connectivity index (χ1v) is 9.07. The second-order valence-corrected chi connectivity index (χ2v) is 7.56. The van der Waals surface area contributed by atoms with Gasteiger partial charge in [0, 0.05) is 6.20 Å². The molecule has 0 amide bonds. The van der Waals surface area contributed by atoms with Gasteiger partial charge in [0.1, 0.15) is 11.5 Å². The average molecular weight is 373 g/mol. The van der Waals surface area contributed by atoms with Crippen LogP contribution in [0.3, 0.4) is 0 Å². The number of pyridine rings is 1. The summed E-state index contributed by atoms with van der Waals surface area (Å²) in [4.78, 5) is 15.0. The third-order valence-corrected chi connectivity index (χ3v) is 4.32. The number of nitrogens with zero attached hydrogens (tertiary/aromatic N) is 1. The second-order valence-electron chi connectivity index (χ2n) is 7.56. The molecular weight excluding hydrogens is 350 g/mol. The van der Waals surface area contributed by atoms with E-state index < -0.39 is 5.97 Å². The summed E-state index contributed by atoms with van der Waals surface area (Å²) in [6, 6.07) is 19.1. The van der Waals surface area contributed by atoms with Gasteiger partial charge in [0.05, 0.1) is 11.3 Å². The van der Waals surface area contributed by atoms with Crippen molar-refractivity contribution < 1.29 is 14.6 Å². The lowest BCUT2D eigenvalue weighted by molar-refractivity contribution is 0.0696. The Hall–Kier alpha value is -3.40. The fraction of sp³-hybridized carbons (Fsp3) is 0.167. The fourth-order valence-electron chi connectivity index (χ4n) is 2.62. The Kier molecular flexibility index (Phi) is 5.59. The van der Waals surface area contributed by atoms with Gasteiger partial charge in [-0.1, -0.05) is 51.1 Å². The van der Waals surface area contributed by atoms with Crippen molar-refractivity contribution in [3.63, 3.8) is 0 Å². The lowest BCUT2D eigenvalue weighted by Crippen LogP contribution is -2.10. The molecule has 0 aliphatic rings. The third-order valence-electron chi connectivity index (χ3n) is 4.32. The minimum absolute atomic E-state index is 0.120. The number of benzene rings is 2. The predicted octanol–water partition coefficient (Wildman–Crippen LogP) is 6.04. The summed E-state index contributed by atoms with van der Waals surface area (Å²) in [5, 5.41) is 8.89. The summed E-state index contributed by atoms with van der Waals surface area (Å²) in [7, 11) is 0. The fourth-order valence-corrected chi connectivity index (χ4v) is 2.62. The van der Waals surface area contributed by atoms with Crippen molar-refractivity contribution in [1.82, 2.24) is 4.98 Å². The molecule has 0 aliphatic carbocycles. The van der Waals surface area contributed by atoms with Gasteiger partial charge in [0.25, 0.3) is 0 Å². The van der Waals surface area contributed by atoms with E-state index in [9.17, 15) is 4.79 Å². The first-order chi connectivity index (χ1) is 13.3. The van der Waals surface area contributed by atoms with Crippen LogP contribution in [0.4, 0.5) is 0 Å². The maximum absolute atomic E-state index is 10.8. The highest BCUT2D eigenvalue weighted by molar-refractivity contribution is 5.87. The van der Waals surface area contributed by atoms with Gasteiger partial charge < -0.3 is 9.84 Å². The molecule has 0 aliphatic heterocycles. The number of carboxylic acid groups (broad SMARTS) is 1. The molecule has 0 fully saturated rings. The summed E-state index contributed by atoms with van der Waals surface area (Å²) < 4.78 is 5.91. The van der Waals surface area contributed by atoms with Crippen LogP contribution < -0.4 is 4.74 Å². The third kappa shape index (κ3) is 5.07. The van der Waals surface area contributed by atoms with Gasteiger partial charge >= 0.3 is 5.97 Å². The van der Waals surface area contributed by atoms with Crippen molar-refractivity contribution in [3.05, 3.63) is 89.2 Å². The van der Waals surface area contributed by atoms with Crippen LogP contribution in [0.25, 0.3) is 12.2 Å². The summed E-state index contributed by atoms with van der Waals surface area (Å²) in [5.41, 5.74) is 3.26. The molecule has 3 rings (SSSR count). The van der Waals surface area contributed by atoms with E-state index in [-0.39, 0.29) is 11.0 Å². The lowest BCUT2D eigenvalue weighted by atomic mass is 9.87. The molecule has 4 nitrogen and oxygen atoms in total. The van der Waals surface area contributed by atoms with E-state index >= 15 is 0 Å². The van der Waals surface area contributed by atoms with Crippen molar-refractivity contribution in [2.75, 3.05) is 0 Å². The molecule has 0 unspecified atom stereocenters. The molecular formula is C24H23NO3. The van der Waals surface area contributed by atoms with Gasteiger partial charge in [-0.05, 0) is 59.0 Å². The molecule has 1 heterocycles. The quantitative estimate of drug-likeness (QED) is 0.592. The Morgan fingerprint density at radius 3 is 2.00 bits per heavy atom. The first kappa shape index (κ1) is 19.4. The molecule has 0 radical (unpaired) electrons. The molecule has 28 heavy (non-hydrogen) atoms. The molecule has 0 spiro atoms. The van der Waals surface area contributed by atoms with Crippen LogP contribution in [0, 0.1) is 0 Å². The Labute approximate surface area is 165 Å². The number of aromatic nitrogens is 1. The van der Waals surface area contributed by atoms with E-state index in [0.717, 1.165) is 17.1 Å².